The molecule has 18 heavy (non-hydrogen) atoms. The largest absolute Gasteiger partial charge is 0.386 e. The molecule has 5 nitrogen and oxygen atoms in total. The number of carbonyl (C=O) groups excluding carboxylic acids is 1. The van der Waals surface area contributed by atoms with Gasteiger partial charge in [-0.1, -0.05) is 31.7 Å². The van der Waals surface area contributed by atoms with Crippen LogP contribution >= 0.6 is 11.5 Å². The van der Waals surface area contributed by atoms with Gasteiger partial charge >= 0.3 is 0 Å². The first-order chi connectivity index (χ1) is 8.47. The van der Waals surface area contributed by atoms with E-state index in [1.54, 1.807) is 4.90 Å². The number of aromatic nitrogens is 2. The van der Waals surface area contributed by atoms with Crippen molar-refractivity contribution in [3.63, 3.8) is 0 Å². The maximum absolute atomic E-state index is 12.3. The lowest BCUT2D eigenvalue weighted by atomic mass is 9.89. The smallest absolute Gasteiger partial charge is 0.267 e. The number of rotatable bonds is 4. The van der Waals surface area contributed by atoms with Crippen LogP contribution in [0.2, 0.25) is 0 Å². The van der Waals surface area contributed by atoms with Gasteiger partial charge in [0, 0.05) is 0 Å². The van der Waals surface area contributed by atoms with Crippen molar-refractivity contribution in [2.75, 3.05) is 13.1 Å². The molecule has 1 aliphatic heterocycles. The van der Waals surface area contributed by atoms with Gasteiger partial charge in [0.2, 0.25) is 0 Å². The highest BCUT2D eigenvalue weighted by molar-refractivity contribution is 7.08. The van der Waals surface area contributed by atoms with Gasteiger partial charge in [-0.05, 0) is 23.9 Å². The molecule has 1 N–H and O–H groups in total. The Morgan fingerprint density at radius 1 is 1.56 bits per heavy atom. The molecule has 2 heterocycles. The molecule has 6 heteroatoms. The normalized spacial score (nSPS) is 17.9. The monoisotopic (exact) mass is 269 g/mol. The SMILES string of the molecule is CCCC1(O)CN(C(=O)c2snnc2C(C)C)C1. The summed E-state index contributed by atoms with van der Waals surface area (Å²) in [5.74, 6) is 0.146. The van der Waals surface area contributed by atoms with Gasteiger partial charge in [-0.15, -0.1) is 5.10 Å². The summed E-state index contributed by atoms with van der Waals surface area (Å²) in [5, 5.41) is 14.1. The molecule has 0 atom stereocenters. The lowest BCUT2D eigenvalue weighted by Crippen LogP contribution is -2.63. The zero-order chi connectivity index (χ0) is 13.3. The zero-order valence-electron chi connectivity index (χ0n) is 11.0. The number of aliphatic hydroxyl groups is 1. The third-order valence-corrected chi connectivity index (χ3v) is 3.96. The summed E-state index contributed by atoms with van der Waals surface area (Å²) in [6, 6.07) is 0. The van der Waals surface area contributed by atoms with Crippen molar-refractivity contribution in [1.82, 2.24) is 14.5 Å². The lowest BCUT2D eigenvalue weighted by molar-refractivity contribution is -0.0859. The van der Waals surface area contributed by atoms with Gasteiger partial charge in [-0.3, -0.25) is 4.79 Å². The van der Waals surface area contributed by atoms with Crippen LogP contribution in [0.3, 0.4) is 0 Å². The second-order valence-corrected chi connectivity index (χ2v) is 6.03. The average molecular weight is 269 g/mol. The highest BCUT2D eigenvalue weighted by atomic mass is 32.1. The summed E-state index contributed by atoms with van der Waals surface area (Å²) in [6.45, 7) is 6.88. The van der Waals surface area contributed by atoms with Crippen LogP contribution in [-0.4, -0.2) is 44.2 Å². The Kier molecular flexibility index (Phi) is 3.68. The van der Waals surface area contributed by atoms with Crippen LogP contribution < -0.4 is 0 Å². The van der Waals surface area contributed by atoms with Crippen LogP contribution in [0.5, 0.6) is 0 Å². The molecule has 0 spiro atoms. The van der Waals surface area contributed by atoms with Gasteiger partial charge in [0.15, 0.2) is 0 Å². The Morgan fingerprint density at radius 2 is 2.22 bits per heavy atom. The van der Waals surface area contributed by atoms with E-state index in [0.717, 1.165) is 30.1 Å². The molecule has 1 aromatic heterocycles. The third-order valence-electron chi connectivity index (χ3n) is 3.23. The van der Waals surface area contributed by atoms with Crippen LogP contribution in [0.15, 0.2) is 0 Å². The summed E-state index contributed by atoms with van der Waals surface area (Å²) in [6.07, 6.45) is 1.67. The standard InChI is InChI=1S/C12H19N3O2S/c1-4-5-12(17)6-15(7-12)11(16)10-9(8(2)3)13-14-18-10/h8,17H,4-7H2,1-3H3. The van der Waals surface area contributed by atoms with E-state index in [-0.39, 0.29) is 11.8 Å². The number of hydrogen-bond donors (Lipinski definition) is 1. The van der Waals surface area contributed by atoms with Gasteiger partial charge in [0.05, 0.1) is 24.4 Å². The Bertz CT molecular complexity index is 438. The summed E-state index contributed by atoms with van der Waals surface area (Å²) in [4.78, 5) is 14.5. The first-order valence-corrected chi connectivity index (χ1v) is 7.08. The Morgan fingerprint density at radius 3 is 2.78 bits per heavy atom. The van der Waals surface area contributed by atoms with Crippen molar-refractivity contribution in [2.24, 2.45) is 0 Å². The van der Waals surface area contributed by atoms with Gasteiger partial charge in [-0.25, -0.2) is 0 Å². The number of hydrogen-bond acceptors (Lipinski definition) is 5. The van der Waals surface area contributed by atoms with E-state index in [0.29, 0.717) is 18.0 Å². The van der Waals surface area contributed by atoms with Crippen molar-refractivity contribution in [1.29, 1.82) is 0 Å². The molecule has 0 aromatic carbocycles. The molecule has 1 saturated heterocycles. The number of carbonyl (C=O) groups is 1. The first-order valence-electron chi connectivity index (χ1n) is 6.31. The molecule has 2 rings (SSSR count). The molecular formula is C12H19N3O2S. The van der Waals surface area contributed by atoms with Crippen molar-refractivity contribution < 1.29 is 9.90 Å². The first kappa shape index (κ1) is 13.4. The fourth-order valence-electron chi connectivity index (χ4n) is 2.30. The van der Waals surface area contributed by atoms with Crippen molar-refractivity contribution >= 4 is 17.4 Å². The molecule has 0 unspecified atom stereocenters. The zero-order valence-corrected chi connectivity index (χ0v) is 11.8. The minimum absolute atomic E-state index is 0.0468. The highest BCUT2D eigenvalue weighted by Crippen LogP contribution is 2.29. The minimum atomic E-state index is -0.680. The van der Waals surface area contributed by atoms with E-state index in [1.165, 1.54) is 0 Å². The molecule has 0 radical (unpaired) electrons. The second-order valence-electron chi connectivity index (χ2n) is 5.28. The Hall–Kier alpha value is -1.01. The Labute approximate surface area is 111 Å². The number of nitrogens with zero attached hydrogens (tertiary/aromatic N) is 3. The summed E-state index contributed by atoms with van der Waals surface area (Å²) < 4.78 is 3.86. The third kappa shape index (κ3) is 2.40. The molecule has 0 bridgehead atoms. The van der Waals surface area contributed by atoms with E-state index in [9.17, 15) is 9.90 Å². The second kappa shape index (κ2) is 4.93. The van der Waals surface area contributed by atoms with Crippen LogP contribution in [0.4, 0.5) is 0 Å². The maximum Gasteiger partial charge on any atom is 0.267 e. The van der Waals surface area contributed by atoms with E-state index in [4.69, 9.17) is 0 Å². The number of amides is 1. The lowest BCUT2D eigenvalue weighted by Gasteiger charge is -2.46. The Balaban J connectivity index is 2.04. The molecule has 1 aromatic rings. The molecule has 1 amide bonds. The van der Waals surface area contributed by atoms with Crippen LogP contribution in [-0.2, 0) is 0 Å². The fourth-order valence-corrected chi connectivity index (χ4v) is 3.09. The van der Waals surface area contributed by atoms with Crippen molar-refractivity contribution in [2.45, 2.75) is 45.1 Å². The van der Waals surface area contributed by atoms with Crippen molar-refractivity contribution in [3.8, 4) is 0 Å². The number of β-amino-alcohol motifs (C(OH)–C–C–N with tert-alkyl or cyclic N) is 1. The van der Waals surface area contributed by atoms with Gasteiger partial charge < -0.3 is 10.0 Å². The highest BCUT2D eigenvalue weighted by Gasteiger charge is 2.43. The van der Waals surface area contributed by atoms with E-state index >= 15 is 0 Å². The van der Waals surface area contributed by atoms with Crippen molar-refractivity contribution in [3.05, 3.63) is 10.6 Å². The van der Waals surface area contributed by atoms with Gasteiger partial charge in [-0.2, -0.15) is 0 Å². The summed E-state index contributed by atoms with van der Waals surface area (Å²) in [7, 11) is 0. The minimum Gasteiger partial charge on any atom is -0.386 e. The van der Waals surface area contributed by atoms with E-state index in [1.807, 2.05) is 20.8 Å². The topological polar surface area (TPSA) is 66.3 Å². The molecular weight excluding hydrogens is 250 g/mol. The molecule has 0 aliphatic carbocycles. The predicted octanol–water partition coefficient (Wildman–Crippen LogP) is 1.65. The molecule has 0 saturated carbocycles. The predicted molar refractivity (Wildman–Crippen MR) is 69.8 cm³/mol. The molecule has 1 fully saturated rings. The van der Waals surface area contributed by atoms with Crippen LogP contribution in [0, 0.1) is 0 Å². The van der Waals surface area contributed by atoms with E-state index in [2.05, 4.69) is 9.59 Å². The summed E-state index contributed by atoms with van der Waals surface area (Å²) >= 11 is 1.14. The van der Waals surface area contributed by atoms with Gasteiger partial charge in [0.1, 0.15) is 4.88 Å². The summed E-state index contributed by atoms with van der Waals surface area (Å²) in [5.41, 5.74) is 0.0801. The average Bonchev–Trinajstić information content (AvgIpc) is 2.73. The van der Waals surface area contributed by atoms with E-state index < -0.39 is 5.60 Å². The van der Waals surface area contributed by atoms with Crippen LogP contribution in [0.25, 0.3) is 0 Å². The number of likely N-dealkylation sites (tertiary alicyclic amines) is 1. The molecule has 100 valence electrons. The molecule has 1 aliphatic rings. The fraction of sp³-hybridized carbons (Fsp3) is 0.750. The quantitative estimate of drug-likeness (QED) is 0.902. The van der Waals surface area contributed by atoms with Gasteiger partial charge in [0.25, 0.3) is 5.91 Å². The van der Waals surface area contributed by atoms with Crippen LogP contribution in [0.1, 0.15) is 54.9 Å². The maximum atomic E-state index is 12.3.